The van der Waals surface area contributed by atoms with Crippen LogP contribution in [0.25, 0.3) is 5.69 Å². The van der Waals surface area contributed by atoms with Crippen molar-refractivity contribution in [1.29, 1.82) is 0 Å². The van der Waals surface area contributed by atoms with Gasteiger partial charge in [0.2, 0.25) is 0 Å². The maximum Gasteiger partial charge on any atom is 0.195 e. The van der Waals surface area contributed by atoms with Gasteiger partial charge in [0.05, 0.1) is 5.69 Å². The Balaban J connectivity index is 1.84. The summed E-state index contributed by atoms with van der Waals surface area (Å²) >= 11 is 1.47. The third kappa shape index (κ3) is 2.97. The van der Waals surface area contributed by atoms with Gasteiger partial charge in [-0.25, -0.2) is 4.39 Å². The molecule has 3 nitrogen and oxygen atoms in total. The molecule has 0 radical (unpaired) electrons. The van der Waals surface area contributed by atoms with E-state index in [1.54, 1.807) is 18.5 Å². The Morgan fingerprint density at radius 3 is 2.67 bits per heavy atom. The van der Waals surface area contributed by atoms with Gasteiger partial charge in [0.15, 0.2) is 5.16 Å². The van der Waals surface area contributed by atoms with Crippen molar-refractivity contribution in [1.82, 2.24) is 14.8 Å². The van der Waals surface area contributed by atoms with Crippen LogP contribution in [0.15, 0.2) is 60.0 Å². The molecule has 1 aromatic heterocycles. The summed E-state index contributed by atoms with van der Waals surface area (Å²) < 4.78 is 15.6. The lowest BCUT2D eigenvalue weighted by atomic mass is 10.2. The highest BCUT2D eigenvalue weighted by Gasteiger charge is 2.10. The molecule has 0 bridgehead atoms. The van der Waals surface area contributed by atoms with E-state index in [0.717, 1.165) is 16.4 Å². The monoisotopic (exact) mass is 299 g/mol. The first kappa shape index (κ1) is 13.8. The van der Waals surface area contributed by atoms with Gasteiger partial charge >= 0.3 is 0 Å². The predicted molar refractivity (Wildman–Crippen MR) is 82.1 cm³/mol. The number of benzene rings is 2. The third-order valence-corrected chi connectivity index (χ3v) is 4.20. The van der Waals surface area contributed by atoms with Gasteiger partial charge in [-0.15, -0.1) is 10.2 Å². The molecule has 3 rings (SSSR count). The Morgan fingerprint density at radius 1 is 1.10 bits per heavy atom. The first-order valence-corrected chi connectivity index (χ1v) is 7.56. The lowest BCUT2D eigenvalue weighted by Gasteiger charge is -2.09. The van der Waals surface area contributed by atoms with Crippen LogP contribution in [0.4, 0.5) is 4.39 Å². The van der Waals surface area contributed by atoms with Gasteiger partial charge in [-0.05, 0) is 30.2 Å². The topological polar surface area (TPSA) is 30.7 Å². The maximum absolute atomic E-state index is 13.6. The lowest BCUT2D eigenvalue weighted by Crippen LogP contribution is -1.98. The van der Waals surface area contributed by atoms with Crippen molar-refractivity contribution < 1.29 is 4.39 Å². The number of hydrogen-bond acceptors (Lipinski definition) is 3. The summed E-state index contributed by atoms with van der Waals surface area (Å²) in [5.41, 5.74) is 2.85. The van der Waals surface area contributed by atoms with Crippen LogP contribution >= 0.6 is 11.8 Å². The fourth-order valence-electron chi connectivity index (χ4n) is 2.08. The number of para-hydroxylation sites is 1. The highest BCUT2D eigenvalue weighted by molar-refractivity contribution is 7.98. The molecule has 0 N–H and O–H groups in total. The zero-order valence-electron chi connectivity index (χ0n) is 11.5. The molecule has 0 saturated heterocycles. The second-order valence-electron chi connectivity index (χ2n) is 4.65. The van der Waals surface area contributed by atoms with Crippen molar-refractivity contribution in [3.05, 3.63) is 71.8 Å². The zero-order valence-corrected chi connectivity index (χ0v) is 12.3. The summed E-state index contributed by atoms with van der Waals surface area (Å²) in [5, 5.41) is 8.86. The summed E-state index contributed by atoms with van der Waals surface area (Å²) in [7, 11) is 0. The van der Waals surface area contributed by atoms with Gasteiger partial charge in [0.25, 0.3) is 0 Å². The van der Waals surface area contributed by atoms with Crippen molar-refractivity contribution in [2.24, 2.45) is 0 Å². The SMILES string of the molecule is Cc1ccccc1-n1cnnc1SCc1ccccc1F. The van der Waals surface area contributed by atoms with Crippen molar-refractivity contribution in [3.63, 3.8) is 0 Å². The van der Waals surface area contributed by atoms with E-state index in [2.05, 4.69) is 10.2 Å². The van der Waals surface area contributed by atoms with Crippen molar-refractivity contribution in [2.45, 2.75) is 17.8 Å². The van der Waals surface area contributed by atoms with Gasteiger partial charge in [-0.3, -0.25) is 4.57 Å². The van der Waals surface area contributed by atoms with Crippen molar-refractivity contribution >= 4 is 11.8 Å². The number of aryl methyl sites for hydroxylation is 1. The molecule has 106 valence electrons. The second kappa shape index (κ2) is 6.10. The van der Waals surface area contributed by atoms with E-state index in [0.29, 0.717) is 11.3 Å². The first-order chi connectivity index (χ1) is 10.3. The standard InChI is InChI=1S/C16H14FN3S/c1-12-6-2-5-9-15(12)20-11-18-19-16(20)21-10-13-7-3-4-8-14(13)17/h2-9,11H,10H2,1H3. The summed E-state index contributed by atoms with van der Waals surface area (Å²) in [6.07, 6.45) is 1.69. The molecule has 0 spiro atoms. The highest BCUT2D eigenvalue weighted by atomic mass is 32.2. The minimum absolute atomic E-state index is 0.188. The maximum atomic E-state index is 13.6. The van der Waals surface area contributed by atoms with Gasteiger partial charge in [0, 0.05) is 5.75 Å². The summed E-state index contributed by atoms with van der Waals surface area (Å²) in [5.74, 6) is 0.337. The summed E-state index contributed by atoms with van der Waals surface area (Å²) in [4.78, 5) is 0. The Kier molecular flexibility index (Phi) is 4.01. The fourth-order valence-corrected chi connectivity index (χ4v) is 2.99. The number of nitrogens with zero attached hydrogens (tertiary/aromatic N) is 3. The molecule has 1 heterocycles. The fraction of sp³-hybridized carbons (Fsp3) is 0.125. The number of rotatable bonds is 4. The van der Waals surface area contributed by atoms with Crippen LogP contribution in [-0.2, 0) is 5.75 Å². The number of aromatic nitrogens is 3. The molecule has 0 unspecified atom stereocenters. The van der Waals surface area contributed by atoms with E-state index in [1.807, 2.05) is 41.8 Å². The molecule has 3 aromatic rings. The van der Waals surface area contributed by atoms with E-state index in [4.69, 9.17) is 0 Å². The van der Waals surface area contributed by atoms with Crippen LogP contribution in [0.3, 0.4) is 0 Å². The summed E-state index contributed by atoms with van der Waals surface area (Å²) in [6, 6.07) is 14.8. The Bertz CT molecular complexity index is 755. The van der Waals surface area contributed by atoms with Gasteiger partial charge in [0.1, 0.15) is 12.1 Å². The van der Waals surface area contributed by atoms with Crippen molar-refractivity contribution in [3.8, 4) is 5.69 Å². The van der Waals surface area contributed by atoms with E-state index < -0.39 is 0 Å². The molecule has 0 saturated carbocycles. The Labute approximate surface area is 126 Å². The van der Waals surface area contributed by atoms with Crippen LogP contribution in [0.2, 0.25) is 0 Å². The number of halogens is 1. The van der Waals surface area contributed by atoms with Gasteiger partial charge in [-0.1, -0.05) is 48.2 Å². The Hall–Kier alpha value is -2.14. The Morgan fingerprint density at radius 2 is 1.86 bits per heavy atom. The molecule has 21 heavy (non-hydrogen) atoms. The minimum Gasteiger partial charge on any atom is -0.276 e. The average Bonchev–Trinajstić information content (AvgIpc) is 2.95. The zero-order chi connectivity index (χ0) is 14.7. The molecule has 0 amide bonds. The normalized spacial score (nSPS) is 10.8. The molecular formula is C16H14FN3S. The van der Waals surface area contributed by atoms with Crippen LogP contribution in [0.5, 0.6) is 0 Å². The van der Waals surface area contributed by atoms with E-state index >= 15 is 0 Å². The molecule has 5 heteroatoms. The van der Waals surface area contributed by atoms with Crippen LogP contribution < -0.4 is 0 Å². The molecule has 0 aliphatic rings. The van der Waals surface area contributed by atoms with Gasteiger partial charge < -0.3 is 0 Å². The van der Waals surface area contributed by atoms with E-state index in [9.17, 15) is 4.39 Å². The quantitative estimate of drug-likeness (QED) is 0.682. The predicted octanol–water partition coefficient (Wildman–Crippen LogP) is 4.01. The van der Waals surface area contributed by atoms with Gasteiger partial charge in [-0.2, -0.15) is 0 Å². The molecule has 0 aliphatic carbocycles. The molecular weight excluding hydrogens is 285 g/mol. The molecule has 0 aliphatic heterocycles. The second-order valence-corrected chi connectivity index (χ2v) is 5.59. The molecule has 0 fully saturated rings. The minimum atomic E-state index is -0.188. The molecule has 2 aromatic carbocycles. The lowest BCUT2D eigenvalue weighted by molar-refractivity contribution is 0.617. The largest absolute Gasteiger partial charge is 0.276 e. The van der Waals surface area contributed by atoms with Crippen molar-refractivity contribution in [2.75, 3.05) is 0 Å². The van der Waals surface area contributed by atoms with Crippen LogP contribution in [0, 0.1) is 12.7 Å². The highest BCUT2D eigenvalue weighted by Crippen LogP contribution is 2.25. The number of hydrogen-bond donors (Lipinski definition) is 0. The smallest absolute Gasteiger partial charge is 0.195 e. The first-order valence-electron chi connectivity index (χ1n) is 6.58. The number of thioether (sulfide) groups is 1. The average molecular weight is 299 g/mol. The summed E-state index contributed by atoms with van der Waals surface area (Å²) in [6.45, 7) is 2.04. The molecule has 0 atom stereocenters. The van der Waals surface area contributed by atoms with E-state index in [1.165, 1.54) is 17.8 Å². The van der Waals surface area contributed by atoms with Crippen LogP contribution in [0.1, 0.15) is 11.1 Å². The van der Waals surface area contributed by atoms with E-state index in [-0.39, 0.29) is 5.82 Å². The third-order valence-electron chi connectivity index (χ3n) is 3.21. The van der Waals surface area contributed by atoms with Crippen LogP contribution in [-0.4, -0.2) is 14.8 Å².